The number of anilines is 1. The van der Waals surface area contributed by atoms with Crippen molar-refractivity contribution in [2.45, 2.75) is 50.9 Å². The Morgan fingerprint density at radius 1 is 1.13 bits per heavy atom. The van der Waals surface area contributed by atoms with Crippen molar-refractivity contribution in [1.82, 2.24) is 20.6 Å². The molecule has 2 aliphatic rings. The predicted octanol–water partition coefficient (Wildman–Crippen LogP) is 3.04. The van der Waals surface area contributed by atoms with Crippen LogP contribution in [0.4, 0.5) is 5.95 Å². The molecule has 1 amide bonds. The van der Waals surface area contributed by atoms with Crippen LogP contribution < -0.4 is 16.0 Å². The van der Waals surface area contributed by atoms with E-state index in [0.29, 0.717) is 25.0 Å². The summed E-state index contributed by atoms with van der Waals surface area (Å²) < 4.78 is 0. The maximum Gasteiger partial charge on any atom is 0.223 e. The highest BCUT2D eigenvalue weighted by Crippen LogP contribution is 2.30. The van der Waals surface area contributed by atoms with Crippen molar-refractivity contribution in [3.8, 4) is 11.1 Å². The Labute approximate surface area is 181 Å². The van der Waals surface area contributed by atoms with Crippen molar-refractivity contribution in [1.29, 1.82) is 0 Å². The molecule has 2 fully saturated rings. The van der Waals surface area contributed by atoms with E-state index in [-0.39, 0.29) is 11.9 Å². The molecule has 1 unspecified atom stereocenters. The fraction of sp³-hybridized carbons (Fsp3) is 0.375. The van der Waals surface area contributed by atoms with Crippen LogP contribution in [-0.2, 0) is 4.79 Å². The number of fused-ring (bicyclic) bond motifs is 1. The minimum atomic E-state index is -0.645. The van der Waals surface area contributed by atoms with Crippen LogP contribution in [0, 0.1) is 6.92 Å². The second kappa shape index (κ2) is 8.24. The number of carbonyl (C=O) groups is 1. The van der Waals surface area contributed by atoms with Crippen molar-refractivity contribution in [3.63, 3.8) is 0 Å². The van der Waals surface area contributed by atoms with Gasteiger partial charge in [0.05, 0.1) is 5.52 Å². The summed E-state index contributed by atoms with van der Waals surface area (Å²) in [6.45, 7) is 2.67. The lowest BCUT2D eigenvalue weighted by Gasteiger charge is -2.23. The third-order valence-electron chi connectivity index (χ3n) is 6.04. The highest BCUT2D eigenvalue weighted by Gasteiger charge is 2.24. The number of hydrogen-bond acceptors (Lipinski definition) is 6. The van der Waals surface area contributed by atoms with Crippen LogP contribution in [0.15, 0.2) is 42.6 Å². The predicted molar refractivity (Wildman–Crippen MR) is 120 cm³/mol. The second-order valence-corrected chi connectivity index (χ2v) is 8.57. The van der Waals surface area contributed by atoms with E-state index in [0.717, 1.165) is 52.4 Å². The molecule has 7 heteroatoms. The lowest BCUT2D eigenvalue weighted by molar-refractivity contribution is -0.122. The molecule has 3 aromatic rings. The summed E-state index contributed by atoms with van der Waals surface area (Å²) >= 11 is 0. The van der Waals surface area contributed by atoms with E-state index < -0.39 is 6.23 Å². The zero-order chi connectivity index (χ0) is 21.4. The fourth-order valence-corrected chi connectivity index (χ4v) is 4.00. The molecule has 1 aliphatic carbocycles. The first-order valence-corrected chi connectivity index (χ1v) is 10.9. The fourth-order valence-electron chi connectivity index (χ4n) is 4.00. The largest absolute Gasteiger partial charge is 0.374 e. The molecular weight excluding hydrogens is 390 g/mol. The summed E-state index contributed by atoms with van der Waals surface area (Å²) in [7, 11) is 0. The van der Waals surface area contributed by atoms with Gasteiger partial charge in [-0.1, -0.05) is 18.2 Å². The Morgan fingerprint density at radius 3 is 2.77 bits per heavy atom. The number of nitrogens with one attached hydrogen (secondary N) is 3. The molecule has 0 radical (unpaired) electrons. The zero-order valence-electron chi connectivity index (χ0n) is 17.6. The van der Waals surface area contributed by atoms with Gasteiger partial charge >= 0.3 is 0 Å². The van der Waals surface area contributed by atoms with Crippen molar-refractivity contribution in [2.24, 2.45) is 0 Å². The van der Waals surface area contributed by atoms with Crippen LogP contribution in [0.25, 0.3) is 22.0 Å². The van der Waals surface area contributed by atoms with E-state index in [1.54, 1.807) is 0 Å². The van der Waals surface area contributed by atoms with Gasteiger partial charge < -0.3 is 15.7 Å². The number of rotatable bonds is 6. The summed E-state index contributed by atoms with van der Waals surface area (Å²) in [6, 6.07) is 12.8. The average molecular weight is 418 g/mol. The molecule has 1 aliphatic heterocycles. The number of amides is 1. The van der Waals surface area contributed by atoms with E-state index in [9.17, 15) is 9.90 Å². The van der Waals surface area contributed by atoms with Gasteiger partial charge in [0, 0.05) is 36.6 Å². The van der Waals surface area contributed by atoms with Gasteiger partial charge in [0.2, 0.25) is 11.9 Å². The lowest BCUT2D eigenvalue weighted by atomic mass is 9.96. The van der Waals surface area contributed by atoms with E-state index in [2.05, 4.69) is 57.1 Å². The number of hydrogen-bond donors (Lipinski definition) is 4. The number of aromatic nitrogens is 2. The van der Waals surface area contributed by atoms with Crippen molar-refractivity contribution in [2.75, 3.05) is 11.9 Å². The van der Waals surface area contributed by atoms with Gasteiger partial charge in [0.15, 0.2) is 0 Å². The van der Waals surface area contributed by atoms with Crippen LogP contribution in [0.2, 0.25) is 0 Å². The monoisotopic (exact) mass is 417 g/mol. The summed E-state index contributed by atoms with van der Waals surface area (Å²) in [6.07, 6.45) is 4.76. The Bertz CT molecular complexity index is 1120. The normalized spacial score (nSPS) is 19.8. The summed E-state index contributed by atoms with van der Waals surface area (Å²) in [5, 5.41) is 20.9. The number of aliphatic hydroxyl groups is 1. The first-order valence-electron chi connectivity index (χ1n) is 10.9. The lowest BCUT2D eigenvalue weighted by Crippen LogP contribution is -2.42. The molecule has 1 saturated carbocycles. The SMILES string of the molecule is Cc1ccc(C(O)NC2CC2)cc1-c1ccc2nc(N[C@H]3CCC(=O)NC3)ncc2c1. The Morgan fingerprint density at radius 2 is 2.00 bits per heavy atom. The third-order valence-corrected chi connectivity index (χ3v) is 6.04. The third kappa shape index (κ3) is 4.52. The highest BCUT2D eigenvalue weighted by molar-refractivity contribution is 5.85. The number of aryl methyl sites for hydroxylation is 1. The highest BCUT2D eigenvalue weighted by atomic mass is 16.3. The number of aliphatic hydroxyl groups excluding tert-OH is 1. The molecule has 0 spiro atoms. The number of carbonyl (C=O) groups excluding carboxylic acids is 1. The Hall–Kier alpha value is -3.03. The van der Waals surface area contributed by atoms with Gasteiger partial charge in [-0.05, 0) is 66.6 Å². The molecule has 4 N–H and O–H groups in total. The summed E-state index contributed by atoms with van der Waals surface area (Å²) in [4.78, 5) is 20.5. The van der Waals surface area contributed by atoms with Gasteiger partial charge in [-0.2, -0.15) is 0 Å². The minimum Gasteiger partial charge on any atom is -0.374 e. The smallest absolute Gasteiger partial charge is 0.223 e. The molecule has 2 atom stereocenters. The van der Waals surface area contributed by atoms with Gasteiger partial charge in [-0.3, -0.25) is 10.1 Å². The van der Waals surface area contributed by atoms with Crippen LogP contribution >= 0.6 is 0 Å². The first kappa shape index (κ1) is 19.9. The average Bonchev–Trinajstić information content (AvgIpc) is 3.59. The molecule has 0 bridgehead atoms. The molecule has 31 heavy (non-hydrogen) atoms. The molecule has 5 rings (SSSR count). The zero-order valence-corrected chi connectivity index (χ0v) is 17.6. The van der Waals surface area contributed by atoms with Crippen molar-refractivity contribution in [3.05, 3.63) is 53.7 Å². The van der Waals surface area contributed by atoms with Crippen LogP contribution in [0.3, 0.4) is 0 Å². The summed E-state index contributed by atoms with van der Waals surface area (Å²) in [5.74, 6) is 0.675. The Balaban J connectivity index is 1.37. The standard InChI is InChI=1S/C24H27N5O2/c1-14-2-3-16(23(31)27-18-5-6-18)11-20(14)15-4-8-21-17(10-15)12-26-24(29-21)28-19-7-9-22(30)25-13-19/h2-4,8,10-12,18-19,23,27,31H,5-7,9,13H2,1H3,(H,25,30)(H,26,28,29)/t19-,23?/m0/s1. The van der Waals surface area contributed by atoms with Gasteiger partial charge in [-0.25, -0.2) is 9.97 Å². The van der Waals surface area contributed by atoms with E-state index >= 15 is 0 Å². The van der Waals surface area contributed by atoms with E-state index in [4.69, 9.17) is 0 Å². The van der Waals surface area contributed by atoms with E-state index in [1.165, 1.54) is 0 Å². The topological polar surface area (TPSA) is 99.2 Å². The van der Waals surface area contributed by atoms with Gasteiger partial charge in [-0.15, -0.1) is 0 Å². The van der Waals surface area contributed by atoms with Gasteiger partial charge in [0.1, 0.15) is 6.23 Å². The first-order chi connectivity index (χ1) is 15.0. The number of piperidine rings is 1. The van der Waals surface area contributed by atoms with Crippen molar-refractivity contribution < 1.29 is 9.90 Å². The second-order valence-electron chi connectivity index (χ2n) is 8.57. The molecule has 7 nitrogen and oxygen atoms in total. The Kier molecular flexibility index (Phi) is 5.29. The van der Waals surface area contributed by atoms with Crippen LogP contribution in [0.1, 0.15) is 43.0 Å². The van der Waals surface area contributed by atoms with Crippen molar-refractivity contribution >= 4 is 22.8 Å². The van der Waals surface area contributed by atoms with E-state index in [1.807, 2.05) is 18.3 Å². The maximum absolute atomic E-state index is 11.3. The minimum absolute atomic E-state index is 0.0974. The van der Waals surface area contributed by atoms with Crippen LogP contribution in [-0.4, -0.2) is 39.6 Å². The molecule has 2 heterocycles. The number of benzene rings is 2. The molecule has 1 saturated heterocycles. The maximum atomic E-state index is 11.3. The quantitative estimate of drug-likeness (QED) is 0.460. The molecule has 2 aromatic carbocycles. The molecule has 1 aromatic heterocycles. The molecule has 160 valence electrons. The number of nitrogens with zero attached hydrogens (tertiary/aromatic N) is 2. The van der Waals surface area contributed by atoms with Gasteiger partial charge in [0.25, 0.3) is 0 Å². The summed E-state index contributed by atoms with van der Waals surface area (Å²) in [5.41, 5.74) is 5.06. The van der Waals surface area contributed by atoms with Crippen LogP contribution in [0.5, 0.6) is 0 Å². The molecular formula is C24H27N5O2.